The minimum atomic E-state index is -0.670. The van der Waals surface area contributed by atoms with Crippen LogP contribution >= 0.6 is 11.6 Å². The van der Waals surface area contributed by atoms with Crippen LogP contribution in [-0.4, -0.2) is 20.5 Å². The van der Waals surface area contributed by atoms with Crippen molar-refractivity contribution in [2.75, 3.05) is 0 Å². The standard InChI is InChI=1S/C17H11ClFN3O4/c18-15-10-21(20-17(15)22(24)25)9-14-6-5-13(26-14)7-8-16(23)11-1-3-12(19)4-2-11/h1-8,10H,9H2/b8-7+. The summed E-state index contributed by atoms with van der Waals surface area (Å²) in [5, 5.41) is 14.4. The van der Waals surface area contributed by atoms with E-state index < -0.39 is 16.6 Å². The van der Waals surface area contributed by atoms with Crippen molar-refractivity contribution in [3.8, 4) is 0 Å². The smallest absolute Gasteiger partial charge is 0.408 e. The summed E-state index contributed by atoms with van der Waals surface area (Å²) in [4.78, 5) is 22.1. The lowest BCUT2D eigenvalue weighted by molar-refractivity contribution is -0.389. The van der Waals surface area contributed by atoms with Gasteiger partial charge >= 0.3 is 5.82 Å². The molecule has 0 radical (unpaired) electrons. The summed E-state index contributed by atoms with van der Waals surface area (Å²) in [6.45, 7) is 0.146. The third-order valence-electron chi connectivity index (χ3n) is 3.40. The molecule has 26 heavy (non-hydrogen) atoms. The number of furan rings is 1. The first-order valence-electron chi connectivity index (χ1n) is 7.36. The van der Waals surface area contributed by atoms with E-state index in [4.69, 9.17) is 16.0 Å². The van der Waals surface area contributed by atoms with Crippen molar-refractivity contribution in [2.45, 2.75) is 6.54 Å². The lowest BCUT2D eigenvalue weighted by atomic mass is 10.1. The Hall–Kier alpha value is -3.26. The van der Waals surface area contributed by atoms with Gasteiger partial charge in [0.1, 0.15) is 23.9 Å². The van der Waals surface area contributed by atoms with Gasteiger partial charge in [0.15, 0.2) is 10.8 Å². The highest BCUT2D eigenvalue weighted by molar-refractivity contribution is 6.32. The molecule has 0 aliphatic heterocycles. The molecule has 0 N–H and O–H groups in total. The van der Waals surface area contributed by atoms with E-state index in [1.165, 1.54) is 47.3 Å². The number of allylic oxidation sites excluding steroid dienone is 1. The lowest BCUT2D eigenvalue weighted by Gasteiger charge is -1.95. The van der Waals surface area contributed by atoms with E-state index in [1.54, 1.807) is 12.1 Å². The Kier molecular flexibility index (Phi) is 4.94. The Morgan fingerprint density at radius 2 is 2.04 bits per heavy atom. The number of benzene rings is 1. The van der Waals surface area contributed by atoms with Crippen LogP contribution in [0.3, 0.4) is 0 Å². The van der Waals surface area contributed by atoms with Gasteiger partial charge in [-0.2, -0.15) is 4.68 Å². The average Bonchev–Trinajstić information content (AvgIpc) is 3.20. The Balaban J connectivity index is 1.68. The molecule has 2 heterocycles. The predicted octanol–water partition coefficient (Wildman–Crippen LogP) is 4.12. The normalized spacial score (nSPS) is 11.2. The van der Waals surface area contributed by atoms with Crippen LogP contribution in [0, 0.1) is 15.9 Å². The molecule has 0 saturated heterocycles. The first-order valence-corrected chi connectivity index (χ1v) is 7.74. The molecule has 3 aromatic rings. The largest absolute Gasteiger partial charge is 0.460 e. The number of carbonyl (C=O) groups is 1. The van der Waals surface area contributed by atoms with Crippen molar-refractivity contribution in [1.82, 2.24) is 9.78 Å². The molecule has 132 valence electrons. The van der Waals surface area contributed by atoms with Crippen LogP contribution in [0.15, 0.2) is 53.1 Å². The number of nitrogens with zero attached hydrogens (tertiary/aromatic N) is 3. The number of halogens is 2. The van der Waals surface area contributed by atoms with Crippen LogP contribution in [0.25, 0.3) is 6.08 Å². The van der Waals surface area contributed by atoms with Gasteiger partial charge in [-0.1, -0.05) is 11.6 Å². The summed E-state index contributed by atoms with van der Waals surface area (Å²) >= 11 is 5.74. The summed E-state index contributed by atoms with van der Waals surface area (Å²) in [6.07, 6.45) is 4.12. The molecule has 0 bridgehead atoms. The fraction of sp³-hybridized carbons (Fsp3) is 0.0588. The van der Waals surface area contributed by atoms with Crippen LogP contribution in [0.5, 0.6) is 0 Å². The van der Waals surface area contributed by atoms with Gasteiger partial charge in [0.25, 0.3) is 0 Å². The molecule has 0 atom stereocenters. The summed E-state index contributed by atoms with van der Waals surface area (Å²) in [6, 6.07) is 8.50. The SMILES string of the molecule is O=C(/C=C/c1ccc(Cn2cc(Cl)c([N+](=O)[O-])n2)o1)c1ccc(F)cc1. The molecule has 3 rings (SSSR count). The van der Waals surface area contributed by atoms with Crippen molar-refractivity contribution in [3.63, 3.8) is 0 Å². The van der Waals surface area contributed by atoms with Crippen molar-refractivity contribution in [2.24, 2.45) is 0 Å². The zero-order valence-corrected chi connectivity index (χ0v) is 13.9. The van der Waals surface area contributed by atoms with Crippen LogP contribution in [-0.2, 0) is 6.54 Å². The van der Waals surface area contributed by atoms with E-state index in [0.717, 1.165) is 0 Å². The highest BCUT2D eigenvalue weighted by Gasteiger charge is 2.19. The highest BCUT2D eigenvalue weighted by atomic mass is 35.5. The molecule has 9 heteroatoms. The molecule has 2 aromatic heterocycles. The molecule has 0 spiro atoms. The number of rotatable bonds is 6. The zero-order chi connectivity index (χ0) is 18.7. The van der Waals surface area contributed by atoms with Gasteiger partial charge in [0.05, 0.1) is 11.3 Å². The van der Waals surface area contributed by atoms with Gasteiger partial charge in [0, 0.05) is 5.56 Å². The third kappa shape index (κ3) is 4.04. The van der Waals surface area contributed by atoms with Crippen LogP contribution in [0.2, 0.25) is 5.02 Å². The minimum Gasteiger partial charge on any atom is -0.460 e. The monoisotopic (exact) mass is 375 g/mol. The fourth-order valence-corrected chi connectivity index (χ4v) is 2.41. The Bertz CT molecular complexity index is 992. The molecular formula is C17H11ClFN3O4. The summed E-state index contributed by atoms with van der Waals surface area (Å²) in [7, 11) is 0. The van der Waals surface area contributed by atoms with Crippen molar-refractivity contribution < 1.29 is 18.5 Å². The molecule has 0 unspecified atom stereocenters. The minimum absolute atomic E-state index is 0.0634. The Morgan fingerprint density at radius 1 is 1.31 bits per heavy atom. The molecular weight excluding hydrogens is 365 g/mol. The van der Waals surface area contributed by atoms with Gasteiger partial charge in [-0.15, -0.1) is 0 Å². The molecule has 7 nitrogen and oxygen atoms in total. The third-order valence-corrected chi connectivity index (χ3v) is 3.67. The number of hydrogen-bond donors (Lipinski definition) is 0. The molecule has 0 saturated carbocycles. The quantitative estimate of drug-likeness (QED) is 0.280. The molecule has 0 fully saturated rings. The average molecular weight is 376 g/mol. The maximum Gasteiger partial charge on any atom is 0.408 e. The van der Waals surface area contributed by atoms with E-state index in [2.05, 4.69) is 5.10 Å². The number of aromatic nitrogens is 2. The highest BCUT2D eigenvalue weighted by Crippen LogP contribution is 2.22. The van der Waals surface area contributed by atoms with Crippen molar-refractivity contribution in [3.05, 3.63) is 86.7 Å². The van der Waals surface area contributed by atoms with E-state index >= 15 is 0 Å². The van der Waals surface area contributed by atoms with E-state index in [9.17, 15) is 19.3 Å². The van der Waals surface area contributed by atoms with E-state index in [1.807, 2.05) is 0 Å². The predicted molar refractivity (Wildman–Crippen MR) is 91.5 cm³/mol. The molecule has 0 aliphatic rings. The second-order valence-electron chi connectivity index (χ2n) is 5.26. The van der Waals surface area contributed by atoms with Crippen LogP contribution < -0.4 is 0 Å². The summed E-state index contributed by atoms with van der Waals surface area (Å²) < 4.78 is 19.7. The lowest BCUT2D eigenvalue weighted by Crippen LogP contribution is -2.00. The number of nitro groups is 1. The van der Waals surface area contributed by atoms with Gasteiger partial charge in [-0.3, -0.25) is 4.79 Å². The number of carbonyl (C=O) groups excluding carboxylic acids is 1. The van der Waals surface area contributed by atoms with Crippen LogP contribution in [0.4, 0.5) is 10.2 Å². The second-order valence-corrected chi connectivity index (χ2v) is 5.67. The number of ketones is 1. The molecule has 0 aliphatic carbocycles. The maximum atomic E-state index is 12.9. The van der Waals surface area contributed by atoms with Crippen LogP contribution in [0.1, 0.15) is 21.9 Å². The van der Waals surface area contributed by atoms with Gasteiger partial charge in [-0.05, 0) is 53.5 Å². The second kappa shape index (κ2) is 7.32. The van der Waals surface area contributed by atoms with Crippen molar-refractivity contribution in [1.29, 1.82) is 0 Å². The van der Waals surface area contributed by atoms with E-state index in [0.29, 0.717) is 17.1 Å². The molecule has 0 amide bonds. The Labute approximate surface area is 151 Å². The number of hydrogen-bond acceptors (Lipinski definition) is 5. The summed E-state index contributed by atoms with van der Waals surface area (Å²) in [5.41, 5.74) is 0.355. The molecule has 1 aromatic carbocycles. The van der Waals surface area contributed by atoms with Gasteiger partial charge in [-0.25, -0.2) is 4.39 Å². The Morgan fingerprint density at radius 3 is 2.69 bits per heavy atom. The topological polar surface area (TPSA) is 91.2 Å². The fourth-order valence-electron chi connectivity index (χ4n) is 2.19. The van der Waals surface area contributed by atoms with E-state index in [-0.39, 0.29) is 17.4 Å². The zero-order valence-electron chi connectivity index (χ0n) is 13.1. The first-order chi connectivity index (χ1) is 12.4. The van der Waals surface area contributed by atoms with Gasteiger partial charge in [0.2, 0.25) is 0 Å². The summed E-state index contributed by atoms with van der Waals surface area (Å²) in [5.74, 6) is -0.239. The van der Waals surface area contributed by atoms with Gasteiger partial charge < -0.3 is 14.5 Å². The first kappa shape index (κ1) is 17.6. The maximum absolute atomic E-state index is 12.9. The van der Waals surface area contributed by atoms with Crippen molar-refractivity contribution >= 4 is 29.3 Å².